The number of hydrogen-bond acceptors (Lipinski definition) is 8. The quantitative estimate of drug-likeness (QED) is 0.215. The van der Waals surface area contributed by atoms with Crippen molar-refractivity contribution in [1.82, 2.24) is 0 Å². The summed E-state index contributed by atoms with van der Waals surface area (Å²) in [5, 5.41) is 0. The van der Waals surface area contributed by atoms with E-state index in [0.29, 0.717) is 16.7 Å². The minimum absolute atomic E-state index is 0.0822. The summed E-state index contributed by atoms with van der Waals surface area (Å²) >= 11 is 2.75. The predicted octanol–water partition coefficient (Wildman–Crippen LogP) is 5.41. The number of aryl methyl sites for hydroxylation is 1. The number of amides is 1. The van der Waals surface area contributed by atoms with Gasteiger partial charge in [-0.1, -0.05) is 43.8 Å². The third kappa shape index (κ3) is 8.55. The van der Waals surface area contributed by atoms with Gasteiger partial charge in [-0.3, -0.25) is 4.79 Å². The lowest BCUT2D eigenvalue weighted by Gasteiger charge is -2.16. The number of carbonyl (C=O) groups excluding carboxylic acids is 1. The van der Waals surface area contributed by atoms with E-state index in [1.54, 1.807) is 0 Å². The number of benzene rings is 2. The first kappa shape index (κ1) is 28.8. The molecule has 0 heterocycles. The smallest absolute Gasteiger partial charge is 0.376 e. The minimum atomic E-state index is -5.82. The van der Waals surface area contributed by atoms with Crippen molar-refractivity contribution in [3.63, 3.8) is 0 Å². The lowest BCUT2D eigenvalue weighted by Crippen LogP contribution is -2.28. The number of nitrogens with one attached hydrogen (secondary N) is 2. The Morgan fingerprint density at radius 1 is 1.03 bits per heavy atom. The maximum atomic E-state index is 12.7. The normalized spacial score (nSPS) is 11.2. The maximum absolute atomic E-state index is 12.7. The van der Waals surface area contributed by atoms with E-state index >= 15 is 0 Å². The van der Waals surface area contributed by atoms with Crippen LogP contribution in [0, 0.1) is 0 Å². The molecule has 184 valence electrons. The van der Waals surface area contributed by atoms with E-state index in [1.165, 1.54) is 30.0 Å². The zero-order valence-corrected chi connectivity index (χ0v) is 20.9. The van der Waals surface area contributed by atoms with Crippen molar-refractivity contribution in [2.24, 2.45) is 5.73 Å². The Hall–Kier alpha value is -2.25. The van der Waals surface area contributed by atoms with Crippen LogP contribution in [-0.4, -0.2) is 32.3 Å². The summed E-state index contributed by atoms with van der Waals surface area (Å²) in [7, 11) is -5.82. The van der Waals surface area contributed by atoms with Crippen LogP contribution in [0.3, 0.4) is 0 Å². The highest BCUT2D eigenvalue weighted by Crippen LogP contribution is 2.35. The molecule has 0 aromatic heterocycles. The molecule has 2 aromatic carbocycles. The van der Waals surface area contributed by atoms with Crippen molar-refractivity contribution in [3.8, 4) is 16.9 Å². The number of alkyl halides is 3. The molecule has 33 heavy (non-hydrogen) atoms. The fourth-order valence-corrected chi connectivity index (χ4v) is 3.84. The van der Waals surface area contributed by atoms with Gasteiger partial charge in [0, 0.05) is 30.3 Å². The molecule has 2 rings (SSSR count). The van der Waals surface area contributed by atoms with Gasteiger partial charge >= 0.3 is 15.6 Å². The molecule has 0 saturated carbocycles. The van der Waals surface area contributed by atoms with Crippen LogP contribution in [0.15, 0.2) is 36.4 Å². The van der Waals surface area contributed by atoms with Crippen molar-refractivity contribution >= 4 is 51.3 Å². The van der Waals surface area contributed by atoms with Crippen LogP contribution in [0.25, 0.3) is 11.1 Å². The summed E-state index contributed by atoms with van der Waals surface area (Å²) in [5.74, 6) is -1.12. The maximum Gasteiger partial charge on any atom is 0.534 e. The van der Waals surface area contributed by atoms with Crippen LogP contribution in [-0.2, 0) is 21.3 Å². The van der Waals surface area contributed by atoms with Gasteiger partial charge in [0.1, 0.15) is 5.75 Å². The molecule has 4 N–H and O–H groups in total. The summed E-state index contributed by atoms with van der Waals surface area (Å²) in [5.41, 5.74) is 2.88. The Bertz CT molecular complexity index is 1020. The largest absolute Gasteiger partial charge is 0.534 e. The van der Waals surface area contributed by atoms with E-state index in [0.717, 1.165) is 23.5 Å². The van der Waals surface area contributed by atoms with Gasteiger partial charge in [-0.15, -0.1) is 0 Å². The van der Waals surface area contributed by atoms with E-state index in [2.05, 4.69) is 13.6 Å². The van der Waals surface area contributed by atoms with Crippen molar-refractivity contribution in [2.75, 3.05) is 22.0 Å². The molecule has 0 aliphatic heterocycles. The zero-order valence-electron chi connectivity index (χ0n) is 18.4. The zero-order chi connectivity index (χ0) is 25.2. The van der Waals surface area contributed by atoms with Gasteiger partial charge in [0.15, 0.2) is 0 Å². The molecule has 0 radical (unpaired) electrons. The van der Waals surface area contributed by atoms with Crippen molar-refractivity contribution in [1.29, 1.82) is 0 Å². The summed E-state index contributed by atoms with van der Waals surface area (Å²) in [6.07, 6.45) is 3.69. The fraction of sp³-hybridized carbons (Fsp3) is 0.350. The van der Waals surface area contributed by atoms with Crippen LogP contribution in [0.2, 0.25) is 0 Å². The first-order chi connectivity index (χ1) is 15.5. The van der Waals surface area contributed by atoms with Crippen molar-refractivity contribution < 1.29 is 30.6 Å². The summed E-state index contributed by atoms with van der Waals surface area (Å²) < 4.78 is 71.1. The Morgan fingerprint density at radius 2 is 1.58 bits per heavy atom. The summed E-state index contributed by atoms with van der Waals surface area (Å²) in [6.45, 7) is 4.00. The SMILES string of the molecule is CC.CSNc1cc(NSC)cc(-c2ccc(OS(=O)(=O)C(F)(F)F)cc2CCC(N)=O)c1. The Labute approximate surface area is 200 Å². The monoisotopic (exact) mass is 525 g/mol. The second kappa shape index (κ2) is 12.8. The molecule has 1 amide bonds. The molecule has 0 saturated heterocycles. The summed E-state index contributed by atoms with van der Waals surface area (Å²) in [4.78, 5) is 11.3. The average molecular weight is 526 g/mol. The van der Waals surface area contributed by atoms with Crippen molar-refractivity contribution in [3.05, 3.63) is 42.0 Å². The third-order valence-electron chi connectivity index (χ3n) is 3.89. The average Bonchev–Trinajstić information content (AvgIpc) is 2.73. The second-order valence-electron chi connectivity index (χ2n) is 6.18. The molecule has 0 aliphatic carbocycles. The minimum Gasteiger partial charge on any atom is -0.376 e. The molecule has 2 aromatic rings. The number of hydrogen-bond donors (Lipinski definition) is 3. The molecule has 7 nitrogen and oxygen atoms in total. The highest BCUT2D eigenvalue weighted by Gasteiger charge is 2.48. The van der Waals surface area contributed by atoms with E-state index in [1.807, 2.05) is 44.6 Å². The van der Waals surface area contributed by atoms with Crippen molar-refractivity contribution in [2.45, 2.75) is 32.2 Å². The highest BCUT2D eigenvalue weighted by atomic mass is 32.2. The Balaban J connectivity index is 0.00000265. The van der Waals surface area contributed by atoms with Crippen LogP contribution < -0.4 is 19.4 Å². The molecule has 0 bridgehead atoms. The molecule has 0 fully saturated rings. The van der Waals surface area contributed by atoms with Crippen LogP contribution in [0.5, 0.6) is 5.75 Å². The molecule has 0 aliphatic rings. The van der Waals surface area contributed by atoms with Gasteiger partial charge in [0.25, 0.3) is 0 Å². The first-order valence-electron chi connectivity index (χ1n) is 9.62. The fourth-order valence-electron chi connectivity index (χ4n) is 2.68. The molecule has 13 heteroatoms. The molecule has 0 spiro atoms. The lowest BCUT2D eigenvalue weighted by molar-refractivity contribution is -0.118. The van der Waals surface area contributed by atoms with Gasteiger partial charge in [-0.2, -0.15) is 21.6 Å². The van der Waals surface area contributed by atoms with E-state index in [9.17, 15) is 26.4 Å². The number of anilines is 2. The van der Waals surface area contributed by atoms with Gasteiger partial charge in [-0.25, -0.2) is 0 Å². The number of halogens is 3. The predicted molar refractivity (Wildman–Crippen MR) is 131 cm³/mol. The number of carbonyl (C=O) groups is 1. The molecular formula is C20H26F3N3O4S3. The topological polar surface area (TPSA) is 111 Å². The number of nitrogens with two attached hydrogens (primary N) is 1. The Kier molecular flexibility index (Phi) is 11.2. The highest BCUT2D eigenvalue weighted by molar-refractivity contribution is 8.00. The first-order valence-corrected chi connectivity index (χ1v) is 13.5. The van der Waals surface area contributed by atoms with Crippen LogP contribution in [0.1, 0.15) is 25.8 Å². The second-order valence-corrected chi connectivity index (χ2v) is 8.94. The molecular weight excluding hydrogens is 499 g/mol. The van der Waals surface area contributed by atoms with Gasteiger partial charge in [-0.05, 0) is 53.4 Å². The number of primary amides is 1. The van der Waals surface area contributed by atoms with Gasteiger partial charge < -0.3 is 19.4 Å². The standard InChI is InChI=1S/C18H20F3N3O4S3.C2H6/c1-29-23-13-7-12(8-14(10-13)24-30-2)16-5-4-15(9-11(16)3-6-17(22)25)28-31(26,27)18(19,20)21;1-2/h4-5,7-10,23-24H,3,6H2,1-2H3,(H2,22,25);1-2H3. The van der Waals surface area contributed by atoms with Crippen LogP contribution in [0.4, 0.5) is 24.5 Å². The lowest BCUT2D eigenvalue weighted by atomic mass is 9.95. The number of rotatable bonds is 10. The molecule has 0 unspecified atom stereocenters. The van der Waals surface area contributed by atoms with E-state index < -0.39 is 27.3 Å². The van der Waals surface area contributed by atoms with Crippen LogP contribution >= 0.6 is 23.9 Å². The Morgan fingerprint density at radius 3 is 2.03 bits per heavy atom. The molecule has 0 atom stereocenters. The third-order valence-corrected chi connectivity index (χ3v) is 5.75. The van der Waals surface area contributed by atoms with E-state index in [4.69, 9.17) is 5.73 Å². The van der Waals surface area contributed by atoms with Gasteiger partial charge in [0.05, 0.1) is 0 Å². The summed E-state index contributed by atoms with van der Waals surface area (Å²) in [6, 6.07) is 9.24. The van der Waals surface area contributed by atoms with E-state index in [-0.39, 0.29) is 12.8 Å². The van der Waals surface area contributed by atoms with Gasteiger partial charge in [0.2, 0.25) is 5.91 Å².